The van der Waals surface area contributed by atoms with Gasteiger partial charge in [0.05, 0.1) is 6.26 Å². The Hall–Kier alpha value is -1.38. The number of hydrogen-bond acceptors (Lipinski definition) is 3. The van der Waals surface area contributed by atoms with Crippen LogP contribution in [0.15, 0.2) is 24.5 Å². The van der Waals surface area contributed by atoms with Crippen LogP contribution in [0.5, 0.6) is 0 Å². The molecule has 1 aliphatic heterocycles. The molecule has 1 rings (SSSR count). The number of allylic oxidation sites excluding steroid dienone is 2. The van der Waals surface area contributed by atoms with E-state index in [2.05, 4.69) is 0 Å². The normalized spacial score (nSPS) is 21.8. The summed E-state index contributed by atoms with van der Waals surface area (Å²) < 4.78 is 4.78. The van der Waals surface area contributed by atoms with Crippen LogP contribution in [0.2, 0.25) is 0 Å². The first-order valence-electron chi connectivity index (χ1n) is 2.82. The lowest BCUT2D eigenvalue weighted by Gasteiger charge is -2.09. The first-order valence-corrected chi connectivity index (χ1v) is 2.82. The van der Waals surface area contributed by atoms with Crippen LogP contribution in [0.4, 0.5) is 0 Å². The van der Waals surface area contributed by atoms with Gasteiger partial charge >= 0.3 is 0 Å². The number of rotatable bonds is 2. The van der Waals surface area contributed by atoms with Gasteiger partial charge in [-0.2, -0.15) is 0 Å². The summed E-state index contributed by atoms with van der Waals surface area (Å²) in [6.07, 6.45) is 5.77. The van der Waals surface area contributed by atoms with Crippen LogP contribution in [0.3, 0.4) is 0 Å². The summed E-state index contributed by atoms with van der Waals surface area (Å²) in [6.45, 7) is 0. The number of carbonyl (C=O) groups excluding carboxylic acids is 2. The molecule has 0 spiro atoms. The first kappa shape index (κ1) is 6.74. The maximum atomic E-state index is 10.6. The van der Waals surface area contributed by atoms with Crippen LogP contribution < -0.4 is 0 Å². The Morgan fingerprint density at radius 1 is 1.50 bits per heavy atom. The highest BCUT2D eigenvalue weighted by atomic mass is 16.5. The van der Waals surface area contributed by atoms with E-state index < -0.39 is 11.9 Å². The fourth-order valence-electron chi connectivity index (χ4n) is 0.615. The summed E-state index contributed by atoms with van der Waals surface area (Å²) in [7, 11) is 0. The summed E-state index contributed by atoms with van der Waals surface area (Å²) in [4.78, 5) is 20.5. The van der Waals surface area contributed by atoms with Crippen molar-refractivity contribution in [2.24, 2.45) is 0 Å². The van der Waals surface area contributed by atoms with Gasteiger partial charge in [0, 0.05) is 0 Å². The predicted molar refractivity (Wildman–Crippen MR) is 34.2 cm³/mol. The van der Waals surface area contributed by atoms with Gasteiger partial charge in [0.15, 0.2) is 12.4 Å². The highest BCUT2D eigenvalue weighted by molar-refractivity contribution is 6.27. The second-order valence-corrected chi connectivity index (χ2v) is 1.79. The monoisotopic (exact) mass is 138 g/mol. The van der Waals surface area contributed by atoms with Gasteiger partial charge < -0.3 is 4.74 Å². The molecule has 0 N–H and O–H groups in total. The summed E-state index contributed by atoms with van der Waals surface area (Å²) in [5.41, 5.74) is 0. The van der Waals surface area contributed by atoms with Gasteiger partial charge in [0.2, 0.25) is 5.78 Å². The van der Waals surface area contributed by atoms with Crippen molar-refractivity contribution in [3.8, 4) is 0 Å². The van der Waals surface area contributed by atoms with Crippen molar-refractivity contribution in [1.82, 2.24) is 0 Å². The summed E-state index contributed by atoms with van der Waals surface area (Å²) >= 11 is 0. The molecule has 1 atom stereocenters. The zero-order chi connectivity index (χ0) is 7.40. The summed E-state index contributed by atoms with van der Waals surface area (Å²) in [6, 6.07) is 0. The Kier molecular flexibility index (Phi) is 1.99. The molecule has 52 valence electrons. The molecule has 0 aliphatic carbocycles. The lowest BCUT2D eigenvalue weighted by molar-refractivity contribution is -0.134. The van der Waals surface area contributed by atoms with E-state index in [4.69, 9.17) is 4.74 Å². The first-order chi connectivity index (χ1) is 4.84. The quantitative estimate of drug-likeness (QED) is 0.405. The minimum atomic E-state index is -0.706. The number of ketones is 1. The third kappa shape index (κ3) is 1.31. The molecule has 10 heavy (non-hydrogen) atoms. The standard InChI is InChI=1S/C7H6O3/c8-5-6(9)7-3-1-2-4-10-7/h1-5,7H. The number of carbonyl (C=O) groups is 2. The molecule has 0 radical (unpaired) electrons. The van der Waals surface area contributed by atoms with E-state index >= 15 is 0 Å². The number of hydrogen-bond donors (Lipinski definition) is 0. The van der Waals surface area contributed by atoms with Crippen molar-refractivity contribution in [3.05, 3.63) is 24.5 Å². The smallest absolute Gasteiger partial charge is 0.239 e. The molecular weight excluding hydrogens is 132 g/mol. The Bertz CT molecular complexity index is 203. The summed E-state index contributed by atoms with van der Waals surface area (Å²) in [5, 5.41) is 0. The van der Waals surface area contributed by atoms with Crippen LogP contribution in [-0.2, 0) is 14.3 Å². The molecule has 0 bridgehead atoms. The molecule has 3 nitrogen and oxygen atoms in total. The van der Waals surface area contributed by atoms with Crippen LogP contribution in [-0.4, -0.2) is 18.2 Å². The lowest BCUT2D eigenvalue weighted by atomic mass is 10.2. The molecule has 1 unspecified atom stereocenters. The van der Waals surface area contributed by atoms with Crippen molar-refractivity contribution in [2.45, 2.75) is 6.10 Å². The van der Waals surface area contributed by atoms with Crippen molar-refractivity contribution in [1.29, 1.82) is 0 Å². The lowest BCUT2D eigenvalue weighted by Crippen LogP contribution is -2.21. The number of aldehydes is 1. The SMILES string of the molecule is O=CC(=O)C1C=CC=CO1. The van der Waals surface area contributed by atoms with Gasteiger partial charge in [-0.05, 0) is 12.2 Å². The molecule has 0 aromatic rings. The topological polar surface area (TPSA) is 43.4 Å². The average Bonchev–Trinajstić information content (AvgIpc) is 2.05. The van der Waals surface area contributed by atoms with Crippen LogP contribution >= 0.6 is 0 Å². The molecular formula is C7H6O3. The third-order valence-corrected chi connectivity index (χ3v) is 1.10. The molecule has 0 saturated carbocycles. The maximum absolute atomic E-state index is 10.6. The van der Waals surface area contributed by atoms with Gasteiger partial charge in [-0.1, -0.05) is 6.08 Å². The average molecular weight is 138 g/mol. The van der Waals surface area contributed by atoms with E-state index in [9.17, 15) is 9.59 Å². The molecule has 0 aromatic carbocycles. The highest BCUT2D eigenvalue weighted by Crippen LogP contribution is 2.01. The third-order valence-electron chi connectivity index (χ3n) is 1.10. The van der Waals surface area contributed by atoms with Crippen molar-refractivity contribution < 1.29 is 14.3 Å². The second-order valence-electron chi connectivity index (χ2n) is 1.79. The fourth-order valence-corrected chi connectivity index (χ4v) is 0.615. The Balaban J connectivity index is 2.59. The van der Waals surface area contributed by atoms with Gasteiger partial charge in [-0.25, -0.2) is 0 Å². The van der Waals surface area contributed by atoms with E-state index in [0.717, 1.165) is 0 Å². The fraction of sp³-hybridized carbons (Fsp3) is 0.143. The summed E-state index contributed by atoms with van der Waals surface area (Å²) in [5.74, 6) is -0.555. The van der Waals surface area contributed by atoms with Crippen LogP contribution in [0.1, 0.15) is 0 Å². The zero-order valence-electron chi connectivity index (χ0n) is 5.19. The molecule has 1 aliphatic rings. The van der Waals surface area contributed by atoms with Crippen molar-refractivity contribution in [2.75, 3.05) is 0 Å². The molecule has 0 amide bonds. The molecule has 0 aromatic heterocycles. The Labute approximate surface area is 58.0 Å². The molecule has 0 saturated heterocycles. The van der Waals surface area contributed by atoms with Crippen LogP contribution in [0.25, 0.3) is 0 Å². The van der Waals surface area contributed by atoms with Crippen molar-refractivity contribution in [3.63, 3.8) is 0 Å². The molecule has 3 heteroatoms. The minimum absolute atomic E-state index is 0.258. The molecule has 0 fully saturated rings. The van der Waals surface area contributed by atoms with Crippen LogP contribution in [0, 0.1) is 0 Å². The highest BCUT2D eigenvalue weighted by Gasteiger charge is 2.14. The van der Waals surface area contributed by atoms with Gasteiger partial charge in [-0.15, -0.1) is 0 Å². The van der Waals surface area contributed by atoms with E-state index in [1.165, 1.54) is 12.3 Å². The van der Waals surface area contributed by atoms with Gasteiger partial charge in [-0.3, -0.25) is 9.59 Å². The van der Waals surface area contributed by atoms with E-state index in [0.29, 0.717) is 0 Å². The number of Topliss-reactive ketones (excluding diaryl/α,β-unsaturated/α-hetero) is 1. The minimum Gasteiger partial charge on any atom is -0.486 e. The van der Waals surface area contributed by atoms with Crippen molar-refractivity contribution >= 4 is 12.1 Å². The molecule has 1 heterocycles. The number of ether oxygens (including phenoxy) is 1. The van der Waals surface area contributed by atoms with Gasteiger partial charge in [0.1, 0.15) is 0 Å². The van der Waals surface area contributed by atoms with Gasteiger partial charge in [0.25, 0.3) is 0 Å². The largest absolute Gasteiger partial charge is 0.486 e. The Morgan fingerprint density at radius 2 is 2.30 bits per heavy atom. The second kappa shape index (κ2) is 2.96. The Morgan fingerprint density at radius 3 is 2.80 bits per heavy atom. The maximum Gasteiger partial charge on any atom is 0.239 e. The zero-order valence-corrected chi connectivity index (χ0v) is 5.19. The predicted octanol–water partition coefficient (Wildman–Crippen LogP) is 0.223. The van der Waals surface area contributed by atoms with E-state index in [1.807, 2.05) is 0 Å². The van der Waals surface area contributed by atoms with E-state index in [1.54, 1.807) is 12.2 Å². The van der Waals surface area contributed by atoms with E-state index in [-0.39, 0.29) is 6.29 Å².